The second kappa shape index (κ2) is 10.2. The summed E-state index contributed by atoms with van der Waals surface area (Å²) in [6, 6.07) is 6.81. The number of hydrogen-bond donors (Lipinski definition) is 3. The summed E-state index contributed by atoms with van der Waals surface area (Å²) >= 11 is 0. The van der Waals surface area contributed by atoms with Gasteiger partial charge in [-0.25, -0.2) is 4.68 Å². The normalized spacial score (nSPS) is 17.8. The van der Waals surface area contributed by atoms with Crippen molar-refractivity contribution in [1.29, 1.82) is 0 Å². The molecular formula is C25H27F3N4O5. The van der Waals surface area contributed by atoms with Gasteiger partial charge in [0.1, 0.15) is 11.4 Å². The Morgan fingerprint density at radius 2 is 1.76 bits per heavy atom. The molecule has 1 aromatic heterocycles. The summed E-state index contributed by atoms with van der Waals surface area (Å²) in [6.07, 6.45) is -4.56. The number of anilines is 2. The van der Waals surface area contributed by atoms with E-state index in [4.69, 9.17) is 14.2 Å². The molecule has 2 heterocycles. The fourth-order valence-electron chi connectivity index (χ4n) is 4.29. The first kappa shape index (κ1) is 26.1. The second-order valence-electron chi connectivity index (χ2n) is 8.55. The second-order valence-corrected chi connectivity index (χ2v) is 8.55. The molecule has 198 valence electrons. The lowest BCUT2D eigenvalue weighted by Gasteiger charge is -2.34. The lowest BCUT2D eigenvalue weighted by atomic mass is 9.95. The molecule has 12 heteroatoms. The van der Waals surface area contributed by atoms with Crippen LogP contribution >= 0.6 is 0 Å². The highest BCUT2D eigenvalue weighted by Gasteiger charge is 2.47. The molecule has 3 aromatic rings. The van der Waals surface area contributed by atoms with Crippen molar-refractivity contribution >= 4 is 17.4 Å². The van der Waals surface area contributed by atoms with Gasteiger partial charge < -0.3 is 30.0 Å². The van der Waals surface area contributed by atoms with Crippen molar-refractivity contribution in [3.63, 3.8) is 0 Å². The van der Waals surface area contributed by atoms with Crippen molar-refractivity contribution in [2.45, 2.75) is 37.7 Å². The number of rotatable bonds is 7. The number of carbonyl (C=O) groups is 1. The Labute approximate surface area is 211 Å². The standard InChI is InChI=1S/C25H27F3N4O5/c1-13(33)14-5-7-16(8-6-14)30-24(34)17-12-29-32-21(25(26,27)28)11-18(31-23(17)32)15-9-19(35-2)22(37-4)20(10-15)36-3/h5-10,12-13,18,21,31,33H,11H2,1-4H3,(H,30,34)/t13-,18-,21-/m1/s1. The number of aliphatic hydroxyl groups excluding tert-OH is 1. The first-order valence-corrected chi connectivity index (χ1v) is 11.4. The van der Waals surface area contributed by atoms with E-state index < -0.39 is 30.3 Å². The molecule has 37 heavy (non-hydrogen) atoms. The van der Waals surface area contributed by atoms with Crippen LogP contribution in [-0.4, -0.2) is 48.3 Å². The van der Waals surface area contributed by atoms with Gasteiger partial charge in [-0.15, -0.1) is 0 Å². The summed E-state index contributed by atoms with van der Waals surface area (Å²) in [5, 5.41) is 19.3. The lowest BCUT2D eigenvalue weighted by molar-refractivity contribution is -0.173. The van der Waals surface area contributed by atoms with Crippen LogP contribution in [-0.2, 0) is 0 Å². The zero-order valence-electron chi connectivity index (χ0n) is 20.6. The molecular weight excluding hydrogens is 493 g/mol. The largest absolute Gasteiger partial charge is 0.493 e. The number of benzene rings is 2. The van der Waals surface area contributed by atoms with Crippen molar-refractivity contribution < 1.29 is 37.3 Å². The Kier molecular flexibility index (Phi) is 7.21. The number of nitrogens with one attached hydrogen (secondary N) is 2. The highest BCUT2D eigenvalue weighted by atomic mass is 19.4. The molecule has 0 bridgehead atoms. The van der Waals surface area contributed by atoms with E-state index in [0.717, 1.165) is 10.9 Å². The minimum absolute atomic E-state index is 0.0500. The topological polar surface area (TPSA) is 107 Å². The molecule has 0 spiro atoms. The zero-order chi connectivity index (χ0) is 26.9. The first-order chi connectivity index (χ1) is 17.6. The fourth-order valence-corrected chi connectivity index (χ4v) is 4.29. The molecule has 0 fully saturated rings. The van der Waals surface area contributed by atoms with E-state index in [1.807, 2.05) is 0 Å². The number of aliphatic hydroxyl groups is 1. The summed E-state index contributed by atoms with van der Waals surface area (Å²) in [4.78, 5) is 13.1. The minimum atomic E-state index is -4.62. The predicted molar refractivity (Wildman–Crippen MR) is 129 cm³/mol. The van der Waals surface area contributed by atoms with Gasteiger partial charge in [0.15, 0.2) is 17.5 Å². The Morgan fingerprint density at radius 3 is 2.27 bits per heavy atom. The fraction of sp³-hybridized carbons (Fsp3) is 0.360. The van der Waals surface area contributed by atoms with Crippen LogP contribution in [0.4, 0.5) is 24.7 Å². The number of aromatic nitrogens is 2. The van der Waals surface area contributed by atoms with E-state index in [0.29, 0.717) is 34.1 Å². The van der Waals surface area contributed by atoms with Crippen molar-refractivity contribution in [2.24, 2.45) is 0 Å². The average Bonchev–Trinajstić information content (AvgIpc) is 3.31. The molecule has 3 atom stereocenters. The Hall–Kier alpha value is -3.93. The van der Waals surface area contributed by atoms with Gasteiger partial charge in [0.25, 0.3) is 5.91 Å². The highest BCUT2D eigenvalue weighted by Crippen LogP contribution is 2.47. The molecule has 4 rings (SSSR count). The van der Waals surface area contributed by atoms with Gasteiger partial charge in [0, 0.05) is 12.1 Å². The van der Waals surface area contributed by atoms with Gasteiger partial charge in [-0.2, -0.15) is 18.3 Å². The van der Waals surface area contributed by atoms with Crippen molar-refractivity contribution in [3.05, 3.63) is 59.3 Å². The van der Waals surface area contributed by atoms with E-state index in [1.54, 1.807) is 43.3 Å². The molecule has 0 saturated carbocycles. The van der Waals surface area contributed by atoms with Crippen LogP contribution in [0.3, 0.4) is 0 Å². The number of fused-ring (bicyclic) bond motifs is 1. The number of ether oxygens (including phenoxy) is 3. The molecule has 2 aromatic carbocycles. The van der Waals surface area contributed by atoms with E-state index in [9.17, 15) is 23.1 Å². The van der Waals surface area contributed by atoms with Crippen molar-refractivity contribution in [3.8, 4) is 17.2 Å². The maximum Gasteiger partial charge on any atom is 0.410 e. The maximum absolute atomic E-state index is 14.1. The van der Waals surface area contributed by atoms with E-state index in [2.05, 4.69) is 15.7 Å². The number of alkyl halides is 3. The maximum atomic E-state index is 14.1. The van der Waals surface area contributed by atoms with Gasteiger partial charge in [0.2, 0.25) is 5.75 Å². The van der Waals surface area contributed by atoms with Gasteiger partial charge in [-0.3, -0.25) is 4.79 Å². The summed E-state index contributed by atoms with van der Waals surface area (Å²) in [5.41, 5.74) is 1.48. The van der Waals surface area contributed by atoms with Gasteiger partial charge in [-0.1, -0.05) is 12.1 Å². The molecule has 0 aliphatic carbocycles. The van der Waals surface area contributed by atoms with Crippen LogP contribution in [0.25, 0.3) is 0 Å². The molecule has 9 nitrogen and oxygen atoms in total. The third-order valence-electron chi connectivity index (χ3n) is 6.22. The van der Waals surface area contributed by atoms with Gasteiger partial charge in [-0.05, 0) is 42.3 Å². The first-order valence-electron chi connectivity index (χ1n) is 11.4. The Morgan fingerprint density at radius 1 is 1.14 bits per heavy atom. The van der Waals surface area contributed by atoms with Crippen LogP contribution in [0.15, 0.2) is 42.6 Å². The van der Waals surface area contributed by atoms with Crippen LogP contribution in [0.2, 0.25) is 0 Å². The number of hydrogen-bond acceptors (Lipinski definition) is 7. The molecule has 3 N–H and O–H groups in total. The summed E-state index contributed by atoms with van der Waals surface area (Å²) in [6.45, 7) is 1.61. The third-order valence-corrected chi connectivity index (χ3v) is 6.22. The summed E-state index contributed by atoms with van der Waals surface area (Å²) in [7, 11) is 4.26. The number of halogens is 3. The van der Waals surface area contributed by atoms with E-state index in [-0.39, 0.29) is 17.8 Å². The number of methoxy groups -OCH3 is 3. The molecule has 0 saturated heterocycles. The smallest absolute Gasteiger partial charge is 0.410 e. The van der Waals surface area contributed by atoms with E-state index >= 15 is 0 Å². The average molecular weight is 521 g/mol. The van der Waals surface area contributed by atoms with Crippen LogP contribution in [0, 0.1) is 0 Å². The van der Waals surface area contributed by atoms with Crippen molar-refractivity contribution in [1.82, 2.24) is 9.78 Å². The SMILES string of the molecule is COc1cc([C@H]2C[C@H](C(F)(F)F)n3ncc(C(=O)Nc4ccc([C@@H](C)O)cc4)c3N2)cc(OC)c1OC. The highest BCUT2D eigenvalue weighted by molar-refractivity contribution is 6.07. The van der Waals surface area contributed by atoms with E-state index in [1.165, 1.54) is 21.3 Å². The van der Waals surface area contributed by atoms with Gasteiger partial charge >= 0.3 is 6.18 Å². The van der Waals surface area contributed by atoms with Gasteiger partial charge in [0.05, 0.1) is 39.7 Å². The quantitative estimate of drug-likeness (QED) is 0.408. The van der Waals surface area contributed by atoms with Crippen molar-refractivity contribution in [2.75, 3.05) is 32.0 Å². The lowest BCUT2D eigenvalue weighted by Crippen LogP contribution is -2.36. The molecule has 1 aliphatic rings. The minimum Gasteiger partial charge on any atom is -0.493 e. The molecule has 0 unspecified atom stereocenters. The Bertz CT molecular complexity index is 1250. The number of amides is 1. The summed E-state index contributed by atoms with van der Waals surface area (Å²) < 4.78 is 59.1. The zero-order valence-corrected chi connectivity index (χ0v) is 20.6. The third kappa shape index (κ3) is 5.15. The van der Waals surface area contributed by atoms with Crippen LogP contribution in [0.1, 0.15) is 53.0 Å². The molecule has 1 aliphatic heterocycles. The monoisotopic (exact) mass is 520 g/mol. The van der Waals surface area contributed by atoms with Crippen LogP contribution < -0.4 is 24.8 Å². The molecule has 1 amide bonds. The predicted octanol–water partition coefficient (Wildman–Crippen LogP) is 4.87. The number of carbonyl (C=O) groups excluding carboxylic acids is 1. The molecule has 0 radical (unpaired) electrons. The summed E-state index contributed by atoms with van der Waals surface area (Å²) in [5.74, 6) is 0.193. The Balaban J connectivity index is 1.70. The number of nitrogens with zero attached hydrogens (tertiary/aromatic N) is 2. The van der Waals surface area contributed by atoms with Crippen LogP contribution in [0.5, 0.6) is 17.2 Å².